The van der Waals surface area contributed by atoms with Crippen LogP contribution in [0.15, 0.2) is 35.3 Å². The third-order valence-corrected chi connectivity index (χ3v) is 4.93. The molecule has 2 aromatic heterocycles. The minimum Gasteiger partial charge on any atom is -0.348 e. The normalized spacial score (nSPS) is 13.6. The fourth-order valence-electron chi connectivity index (χ4n) is 3.40. The Morgan fingerprint density at radius 3 is 3.08 bits per heavy atom. The summed E-state index contributed by atoms with van der Waals surface area (Å²) in [6, 6.07) is 7.31. The predicted octanol–water partition coefficient (Wildman–Crippen LogP) is 1.26. The molecule has 134 valence electrons. The highest BCUT2D eigenvalue weighted by molar-refractivity contribution is 6.30. The highest BCUT2D eigenvalue weighted by Gasteiger charge is 2.23. The Morgan fingerprint density at radius 2 is 2.27 bits per heavy atom. The van der Waals surface area contributed by atoms with Crippen molar-refractivity contribution in [3.8, 4) is 0 Å². The Bertz CT molecular complexity index is 1070. The number of aryl methyl sites for hydroxylation is 1. The van der Waals surface area contributed by atoms with Gasteiger partial charge >= 0.3 is 0 Å². The van der Waals surface area contributed by atoms with E-state index in [1.165, 1.54) is 10.7 Å². The van der Waals surface area contributed by atoms with E-state index in [-0.39, 0.29) is 11.5 Å². The molecule has 0 saturated carbocycles. The van der Waals surface area contributed by atoms with Gasteiger partial charge in [-0.3, -0.25) is 9.59 Å². The van der Waals surface area contributed by atoms with Gasteiger partial charge in [-0.1, -0.05) is 23.7 Å². The minimum atomic E-state index is -0.274. The molecule has 7 nitrogen and oxygen atoms in total. The topological polar surface area (TPSA) is 80.4 Å². The average Bonchev–Trinajstić information content (AvgIpc) is 3.10. The SMILES string of the molecule is Cn1c2c(c(=O)n3ncc(C(=O)NCc4cccc(Cl)c4)c13)CNCC2. The summed E-state index contributed by atoms with van der Waals surface area (Å²) in [5, 5.41) is 10.8. The molecular weight excluding hydrogens is 354 g/mol. The van der Waals surface area contributed by atoms with Crippen LogP contribution in [-0.2, 0) is 26.6 Å². The monoisotopic (exact) mass is 371 g/mol. The van der Waals surface area contributed by atoms with Gasteiger partial charge in [-0.2, -0.15) is 9.61 Å². The summed E-state index contributed by atoms with van der Waals surface area (Å²) in [4.78, 5) is 25.4. The standard InChI is InChI=1S/C18H18ClN5O2/c1-23-15-5-6-20-9-13(15)18(26)24-17(23)14(10-22-24)16(25)21-8-11-3-2-4-12(19)7-11/h2-4,7,10,20H,5-6,8-9H2,1H3,(H,21,25). The molecule has 0 fully saturated rings. The summed E-state index contributed by atoms with van der Waals surface area (Å²) in [6.07, 6.45) is 2.19. The number of carbonyl (C=O) groups excluding carboxylic acids is 1. The summed E-state index contributed by atoms with van der Waals surface area (Å²) in [7, 11) is 1.87. The number of carbonyl (C=O) groups is 1. The van der Waals surface area contributed by atoms with Crippen molar-refractivity contribution in [2.24, 2.45) is 7.05 Å². The Kier molecular flexibility index (Phi) is 4.26. The summed E-state index contributed by atoms with van der Waals surface area (Å²) in [5.74, 6) is -0.274. The fourth-order valence-corrected chi connectivity index (χ4v) is 3.61. The van der Waals surface area contributed by atoms with Crippen molar-refractivity contribution >= 4 is 23.2 Å². The quantitative estimate of drug-likeness (QED) is 0.726. The zero-order valence-electron chi connectivity index (χ0n) is 14.3. The van der Waals surface area contributed by atoms with Crippen LogP contribution < -0.4 is 16.2 Å². The number of aromatic nitrogens is 3. The number of nitrogens with zero attached hydrogens (tertiary/aromatic N) is 3. The molecule has 26 heavy (non-hydrogen) atoms. The second-order valence-corrected chi connectivity index (χ2v) is 6.76. The van der Waals surface area contributed by atoms with Crippen molar-refractivity contribution in [1.82, 2.24) is 24.8 Å². The lowest BCUT2D eigenvalue weighted by molar-refractivity contribution is 0.0952. The molecule has 0 saturated heterocycles. The predicted molar refractivity (Wildman–Crippen MR) is 98.5 cm³/mol. The molecule has 3 heterocycles. The van der Waals surface area contributed by atoms with Gasteiger partial charge in [0, 0.05) is 43.8 Å². The van der Waals surface area contributed by atoms with E-state index in [0.717, 1.165) is 24.2 Å². The first kappa shape index (κ1) is 16.8. The number of fused-ring (bicyclic) bond motifs is 2. The maximum Gasteiger partial charge on any atom is 0.279 e. The molecule has 1 amide bonds. The molecule has 8 heteroatoms. The van der Waals surface area contributed by atoms with Crippen molar-refractivity contribution in [3.63, 3.8) is 0 Å². The Labute approximate surface area is 154 Å². The van der Waals surface area contributed by atoms with E-state index >= 15 is 0 Å². The van der Waals surface area contributed by atoms with Gasteiger partial charge in [0.1, 0.15) is 5.56 Å². The zero-order chi connectivity index (χ0) is 18.3. The molecule has 0 aliphatic carbocycles. The Hall–Kier alpha value is -2.64. The molecule has 0 spiro atoms. The lowest BCUT2D eigenvalue weighted by Crippen LogP contribution is -2.35. The zero-order valence-corrected chi connectivity index (χ0v) is 15.0. The summed E-state index contributed by atoms with van der Waals surface area (Å²) >= 11 is 5.97. The van der Waals surface area contributed by atoms with E-state index in [1.807, 2.05) is 23.7 Å². The second kappa shape index (κ2) is 6.59. The number of benzene rings is 1. The van der Waals surface area contributed by atoms with E-state index in [2.05, 4.69) is 15.7 Å². The molecule has 1 aromatic carbocycles. The van der Waals surface area contributed by atoms with Gasteiger partial charge in [0.05, 0.1) is 11.8 Å². The number of amides is 1. The van der Waals surface area contributed by atoms with Gasteiger partial charge in [0.25, 0.3) is 11.5 Å². The Morgan fingerprint density at radius 1 is 1.42 bits per heavy atom. The number of hydrogen-bond donors (Lipinski definition) is 2. The first-order valence-electron chi connectivity index (χ1n) is 8.38. The first-order chi connectivity index (χ1) is 12.6. The third kappa shape index (κ3) is 2.79. The Balaban J connectivity index is 1.69. The van der Waals surface area contributed by atoms with Crippen molar-refractivity contribution in [2.45, 2.75) is 19.5 Å². The summed E-state index contributed by atoms with van der Waals surface area (Å²) in [6.45, 7) is 1.68. The van der Waals surface area contributed by atoms with Gasteiger partial charge in [-0.15, -0.1) is 0 Å². The van der Waals surface area contributed by atoms with E-state index in [0.29, 0.717) is 34.9 Å². The molecule has 1 aliphatic heterocycles. The van der Waals surface area contributed by atoms with Crippen LogP contribution >= 0.6 is 11.6 Å². The first-order valence-corrected chi connectivity index (χ1v) is 8.76. The maximum absolute atomic E-state index is 12.7. The van der Waals surface area contributed by atoms with E-state index in [1.54, 1.807) is 12.1 Å². The molecule has 0 radical (unpaired) electrons. The molecule has 0 unspecified atom stereocenters. The van der Waals surface area contributed by atoms with Crippen molar-refractivity contribution in [2.75, 3.05) is 6.54 Å². The van der Waals surface area contributed by atoms with Crippen LogP contribution in [0.1, 0.15) is 27.2 Å². The summed E-state index contributed by atoms with van der Waals surface area (Å²) in [5.41, 5.74) is 3.28. The minimum absolute atomic E-state index is 0.172. The average molecular weight is 372 g/mol. The van der Waals surface area contributed by atoms with Gasteiger partial charge < -0.3 is 15.2 Å². The molecule has 4 rings (SSSR count). The van der Waals surface area contributed by atoms with E-state index in [9.17, 15) is 9.59 Å². The fraction of sp³-hybridized carbons (Fsp3) is 0.278. The van der Waals surface area contributed by atoms with Gasteiger partial charge in [-0.25, -0.2) is 0 Å². The largest absolute Gasteiger partial charge is 0.348 e. The van der Waals surface area contributed by atoms with Crippen LogP contribution in [0.4, 0.5) is 0 Å². The van der Waals surface area contributed by atoms with Crippen LogP contribution in [0.25, 0.3) is 5.65 Å². The van der Waals surface area contributed by atoms with Crippen LogP contribution in [0.2, 0.25) is 5.02 Å². The van der Waals surface area contributed by atoms with Gasteiger partial charge in [0.2, 0.25) is 0 Å². The third-order valence-electron chi connectivity index (χ3n) is 4.69. The van der Waals surface area contributed by atoms with Crippen molar-refractivity contribution < 1.29 is 4.79 Å². The molecule has 0 atom stereocenters. The molecular formula is C18H18ClN5O2. The molecule has 2 N–H and O–H groups in total. The summed E-state index contributed by atoms with van der Waals surface area (Å²) < 4.78 is 3.21. The highest BCUT2D eigenvalue weighted by Crippen LogP contribution is 2.16. The number of halogens is 1. The second-order valence-electron chi connectivity index (χ2n) is 6.32. The van der Waals surface area contributed by atoms with Crippen LogP contribution in [-0.4, -0.2) is 26.6 Å². The van der Waals surface area contributed by atoms with Gasteiger partial charge in [-0.05, 0) is 17.7 Å². The van der Waals surface area contributed by atoms with Gasteiger partial charge in [0.15, 0.2) is 5.65 Å². The van der Waals surface area contributed by atoms with Crippen LogP contribution in [0.3, 0.4) is 0 Å². The lowest BCUT2D eigenvalue weighted by atomic mass is 10.1. The molecule has 1 aliphatic rings. The van der Waals surface area contributed by atoms with E-state index in [4.69, 9.17) is 11.6 Å². The van der Waals surface area contributed by atoms with E-state index < -0.39 is 0 Å². The number of rotatable bonds is 3. The molecule has 3 aromatic rings. The smallest absolute Gasteiger partial charge is 0.279 e. The van der Waals surface area contributed by atoms with Crippen molar-refractivity contribution in [1.29, 1.82) is 0 Å². The maximum atomic E-state index is 12.7. The number of nitrogens with one attached hydrogen (secondary N) is 2. The van der Waals surface area contributed by atoms with Crippen molar-refractivity contribution in [3.05, 3.63) is 68.2 Å². The molecule has 0 bridgehead atoms. The highest BCUT2D eigenvalue weighted by atomic mass is 35.5. The van der Waals surface area contributed by atoms with Crippen LogP contribution in [0.5, 0.6) is 0 Å². The van der Waals surface area contributed by atoms with Crippen LogP contribution in [0, 0.1) is 0 Å². The lowest BCUT2D eigenvalue weighted by Gasteiger charge is -2.20. The number of hydrogen-bond acceptors (Lipinski definition) is 4.